The van der Waals surface area contributed by atoms with Gasteiger partial charge in [0.1, 0.15) is 5.82 Å². The largest absolute Gasteiger partial charge is 0.399 e. The Morgan fingerprint density at radius 1 is 1.21 bits per heavy atom. The Balaban J connectivity index is 0.00000210. The van der Waals surface area contributed by atoms with Gasteiger partial charge < -0.3 is 11.1 Å². The molecule has 3 N–H and O–H groups in total. The molecule has 2 aromatic rings. The van der Waals surface area contributed by atoms with Crippen LogP contribution in [-0.4, -0.2) is 29.9 Å². The zero-order valence-electron chi connectivity index (χ0n) is 16.1. The number of anilines is 1. The van der Waals surface area contributed by atoms with E-state index in [-0.39, 0.29) is 42.6 Å². The molecule has 0 radical (unpaired) electrons. The summed E-state index contributed by atoms with van der Waals surface area (Å²) in [5.74, 6) is -0.281. The van der Waals surface area contributed by atoms with E-state index in [9.17, 15) is 9.18 Å². The summed E-state index contributed by atoms with van der Waals surface area (Å²) in [6, 6.07) is 12.3. The minimum Gasteiger partial charge on any atom is -0.399 e. The smallest absolute Gasteiger partial charge is 0.220 e. The number of carbonyl (C=O) groups excluding carboxylic acids is 1. The number of hydrogen-bond donors (Lipinski definition) is 2. The number of carbonyl (C=O) groups is 1. The van der Waals surface area contributed by atoms with Gasteiger partial charge in [-0.3, -0.25) is 9.69 Å². The maximum atomic E-state index is 13.2. The fraction of sp³-hybridized carbons (Fsp3) is 0.381. The maximum Gasteiger partial charge on any atom is 0.220 e. The topological polar surface area (TPSA) is 58.4 Å². The van der Waals surface area contributed by atoms with Crippen LogP contribution in [0.25, 0.3) is 0 Å². The fourth-order valence-corrected chi connectivity index (χ4v) is 3.74. The second kappa shape index (κ2) is 12.2. The van der Waals surface area contributed by atoms with E-state index in [0.29, 0.717) is 24.4 Å². The van der Waals surface area contributed by atoms with Crippen molar-refractivity contribution in [2.45, 2.75) is 38.3 Å². The summed E-state index contributed by atoms with van der Waals surface area (Å²) in [6.45, 7) is 2.37. The second-order valence-corrected chi connectivity index (χ2v) is 7.48. The van der Waals surface area contributed by atoms with Crippen molar-refractivity contribution in [2.24, 2.45) is 0 Å². The molecule has 1 aliphatic rings. The van der Waals surface area contributed by atoms with E-state index in [1.54, 1.807) is 6.07 Å². The number of hydrogen-bond acceptors (Lipinski definition) is 3. The fourth-order valence-electron chi connectivity index (χ4n) is 3.52. The third kappa shape index (κ3) is 7.67. The molecule has 0 bridgehead atoms. The first-order chi connectivity index (χ1) is 13.0. The number of benzene rings is 2. The van der Waals surface area contributed by atoms with Crippen LogP contribution in [0.15, 0.2) is 42.5 Å². The molecule has 0 spiro atoms. The lowest BCUT2D eigenvalue weighted by Gasteiger charge is -2.33. The van der Waals surface area contributed by atoms with E-state index < -0.39 is 0 Å². The molecule has 1 atom stereocenters. The molecule has 0 aliphatic carbocycles. The molecule has 2 aromatic carbocycles. The lowest BCUT2D eigenvalue weighted by Crippen LogP contribution is -2.47. The predicted molar refractivity (Wildman–Crippen MR) is 122 cm³/mol. The van der Waals surface area contributed by atoms with E-state index in [1.807, 2.05) is 24.3 Å². The Morgan fingerprint density at radius 3 is 2.69 bits per heavy atom. The molecule has 0 aromatic heterocycles. The quantitative estimate of drug-likeness (QED) is 0.616. The van der Waals surface area contributed by atoms with Crippen LogP contribution >= 0.6 is 36.4 Å². The number of nitrogens with one attached hydrogen (secondary N) is 1. The summed E-state index contributed by atoms with van der Waals surface area (Å²) in [7, 11) is 0. The number of likely N-dealkylation sites (tertiary alicyclic amines) is 1. The summed E-state index contributed by atoms with van der Waals surface area (Å²) in [6.07, 6.45) is 3.04. The highest BCUT2D eigenvalue weighted by Crippen LogP contribution is 2.21. The highest BCUT2D eigenvalue weighted by Gasteiger charge is 2.22. The molecule has 160 valence electrons. The molecule has 1 unspecified atom stereocenters. The first-order valence-corrected chi connectivity index (χ1v) is 9.68. The average Bonchev–Trinajstić information content (AvgIpc) is 2.64. The van der Waals surface area contributed by atoms with Gasteiger partial charge in [-0.2, -0.15) is 0 Å². The van der Waals surface area contributed by atoms with Gasteiger partial charge >= 0.3 is 0 Å². The Kier molecular flexibility index (Phi) is 10.8. The van der Waals surface area contributed by atoms with Gasteiger partial charge in [0.2, 0.25) is 5.91 Å². The molecule has 3 rings (SSSR count). The molecule has 8 heteroatoms. The van der Waals surface area contributed by atoms with Crippen LogP contribution in [-0.2, 0) is 17.8 Å². The van der Waals surface area contributed by atoms with Crippen LogP contribution in [0.2, 0.25) is 5.02 Å². The number of halogens is 4. The average molecular weight is 463 g/mol. The van der Waals surface area contributed by atoms with Crippen molar-refractivity contribution in [3.63, 3.8) is 0 Å². The molecular formula is C21H27Cl3FN3O. The first-order valence-electron chi connectivity index (χ1n) is 9.30. The number of rotatable bonds is 6. The molecule has 1 saturated heterocycles. The van der Waals surface area contributed by atoms with Gasteiger partial charge in [-0.25, -0.2) is 4.39 Å². The third-order valence-corrected chi connectivity index (χ3v) is 5.31. The minimum atomic E-state index is -0.327. The summed E-state index contributed by atoms with van der Waals surface area (Å²) >= 11 is 6.14. The van der Waals surface area contributed by atoms with Crippen molar-refractivity contribution in [1.82, 2.24) is 10.2 Å². The molecule has 4 nitrogen and oxygen atoms in total. The second-order valence-electron chi connectivity index (χ2n) is 7.08. The molecule has 1 fully saturated rings. The van der Waals surface area contributed by atoms with E-state index in [4.69, 9.17) is 17.3 Å². The van der Waals surface area contributed by atoms with Crippen LogP contribution in [0.1, 0.15) is 30.4 Å². The molecule has 0 saturated carbocycles. The van der Waals surface area contributed by atoms with Gasteiger partial charge in [0, 0.05) is 36.3 Å². The Bertz CT molecular complexity index is 806. The molecule has 29 heavy (non-hydrogen) atoms. The number of para-hydroxylation sites is 1. The highest BCUT2D eigenvalue weighted by atomic mass is 35.5. The highest BCUT2D eigenvalue weighted by molar-refractivity contribution is 6.31. The number of nitrogens with zero attached hydrogens (tertiary/aromatic N) is 1. The van der Waals surface area contributed by atoms with Crippen LogP contribution < -0.4 is 11.1 Å². The van der Waals surface area contributed by atoms with Gasteiger partial charge in [-0.05, 0) is 55.1 Å². The van der Waals surface area contributed by atoms with Gasteiger partial charge in [0.15, 0.2) is 0 Å². The van der Waals surface area contributed by atoms with Gasteiger partial charge in [-0.1, -0.05) is 35.9 Å². The van der Waals surface area contributed by atoms with Crippen LogP contribution in [0.5, 0.6) is 0 Å². The van der Waals surface area contributed by atoms with Gasteiger partial charge in [0.05, 0.1) is 0 Å². The standard InChI is InChI=1S/C21H25ClFN3O.2ClH/c22-19-12-17(23)9-7-16(19)13-26-11-3-5-18(14-26)25-21(27)10-8-15-4-1-2-6-20(15)24;;/h1-2,4,6-7,9,12,18H,3,5,8,10-11,13-14,24H2,(H,25,27);2*1H. The van der Waals surface area contributed by atoms with Gasteiger partial charge in [-0.15, -0.1) is 24.8 Å². The zero-order valence-corrected chi connectivity index (χ0v) is 18.5. The lowest BCUT2D eigenvalue weighted by atomic mass is 10.0. The first kappa shape index (κ1) is 25.5. The molecule has 1 heterocycles. The summed E-state index contributed by atoms with van der Waals surface area (Å²) in [5, 5.41) is 3.58. The van der Waals surface area contributed by atoms with Crippen molar-refractivity contribution in [1.29, 1.82) is 0 Å². The Hall–Kier alpha value is -1.53. The summed E-state index contributed by atoms with van der Waals surface area (Å²) < 4.78 is 13.2. The third-order valence-electron chi connectivity index (χ3n) is 4.96. The van der Waals surface area contributed by atoms with Crippen molar-refractivity contribution in [2.75, 3.05) is 18.8 Å². The van der Waals surface area contributed by atoms with E-state index >= 15 is 0 Å². The van der Waals surface area contributed by atoms with Crippen molar-refractivity contribution >= 4 is 48.0 Å². The van der Waals surface area contributed by atoms with Crippen molar-refractivity contribution in [3.05, 3.63) is 64.4 Å². The normalized spacial score (nSPS) is 16.4. The van der Waals surface area contributed by atoms with Gasteiger partial charge in [0.25, 0.3) is 0 Å². The number of aryl methyl sites for hydroxylation is 1. The monoisotopic (exact) mass is 461 g/mol. The maximum absolute atomic E-state index is 13.2. The van der Waals surface area contributed by atoms with Crippen LogP contribution in [0.4, 0.5) is 10.1 Å². The molecule has 1 aliphatic heterocycles. The lowest BCUT2D eigenvalue weighted by molar-refractivity contribution is -0.122. The molecular weight excluding hydrogens is 436 g/mol. The number of nitrogen functional groups attached to an aromatic ring is 1. The Morgan fingerprint density at radius 2 is 1.97 bits per heavy atom. The predicted octanol–water partition coefficient (Wildman–Crippen LogP) is 4.62. The number of nitrogens with two attached hydrogens (primary N) is 1. The van der Waals surface area contributed by atoms with Crippen molar-refractivity contribution in [3.8, 4) is 0 Å². The number of amides is 1. The summed E-state index contributed by atoms with van der Waals surface area (Å²) in [4.78, 5) is 14.6. The SMILES string of the molecule is Cl.Cl.Nc1ccccc1CCC(=O)NC1CCCN(Cc2ccc(F)cc2Cl)C1. The van der Waals surface area contributed by atoms with Crippen LogP contribution in [0.3, 0.4) is 0 Å². The van der Waals surface area contributed by atoms with E-state index in [0.717, 1.165) is 42.7 Å². The zero-order chi connectivity index (χ0) is 19.2. The number of piperidine rings is 1. The minimum absolute atomic E-state index is 0. The summed E-state index contributed by atoms with van der Waals surface area (Å²) in [5.41, 5.74) is 8.57. The van der Waals surface area contributed by atoms with Crippen LogP contribution in [0, 0.1) is 5.82 Å². The molecule has 1 amide bonds. The van der Waals surface area contributed by atoms with E-state index in [2.05, 4.69) is 10.2 Å². The van der Waals surface area contributed by atoms with E-state index in [1.165, 1.54) is 12.1 Å². The van der Waals surface area contributed by atoms with Crippen molar-refractivity contribution < 1.29 is 9.18 Å². The Labute approximate surface area is 188 Å².